The van der Waals surface area contributed by atoms with Crippen molar-refractivity contribution in [3.05, 3.63) is 41.0 Å². The molecule has 0 amide bonds. The molecular formula is C10H11BrN2. The molecule has 13 heavy (non-hydrogen) atoms. The molecule has 1 aliphatic heterocycles. The van der Waals surface area contributed by atoms with Gasteiger partial charge in [-0.05, 0) is 24.3 Å². The summed E-state index contributed by atoms with van der Waals surface area (Å²) in [6.07, 6.45) is 4.23. The number of likely N-dealkylation sites (N-methyl/N-ethyl adjacent to an activating group) is 1. The molecule has 68 valence electrons. The zero-order valence-corrected chi connectivity index (χ0v) is 9.03. The first-order chi connectivity index (χ1) is 6.27. The maximum atomic E-state index is 3.42. The lowest BCUT2D eigenvalue weighted by Gasteiger charge is -2.24. The van der Waals surface area contributed by atoms with Crippen LogP contribution in [0, 0.1) is 0 Å². The van der Waals surface area contributed by atoms with Crippen molar-refractivity contribution < 1.29 is 0 Å². The highest BCUT2D eigenvalue weighted by atomic mass is 79.9. The van der Waals surface area contributed by atoms with E-state index < -0.39 is 0 Å². The summed E-state index contributed by atoms with van der Waals surface area (Å²) in [6, 6.07) is 8.29. The van der Waals surface area contributed by atoms with Crippen LogP contribution >= 0.6 is 15.9 Å². The van der Waals surface area contributed by atoms with E-state index in [1.165, 1.54) is 5.69 Å². The zero-order chi connectivity index (χ0) is 9.26. The minimum Gasteiger partial charge on any atom is -0.282 e. The molecule has 1 aromatic rings. The summed E-state index contributed by atoms with van der Waals surface area (Å²) in [4.78, 5) is 0. The predicted octanol–water partition coefficient (Wildman–Crippen LogP) is 2.63. The summed E-state index contributed by atoms with van der Waals surface area (Å²) in [5.41, 5.74) is 1.19. The molecule has 0 atom stereocenters. The number of benzene rings is 1. The minimum atomic E-state index is 0.982. The molecule has 0 saturated heterocycles. The third-order valence-electron chi connectivity index (χ3n) is 2.08. The third kappa shape index (κ3) is 1.76. The molecule has 1 aromatic carbocycles. The Hall–Kier alpha value is -0.800. The Morgan fingerprint density at radius 3 is 2.46 bits per heavy atom. The van der Waals surface area contributed by atoms with E-state index >= 15 is 0 Å². The highest BCUT2D eigenvalue weighted by molar-refractivity contribution is 9.10. The molecule has 0 unspecified atom stereocenters. The second kappa shape index (κ2) is 3.52. The molecular weight excluding hydrogens is 228 g/mol. The fourth-order valence-corrected chi connectivity index (χ4v) is 1.64. The van der Waals surface area contributed by atoms with Crippen LogP contribution in [0.2, 0.25) is 0 Å². The summed E-state index contributed by atoms with van der Waals surface area (Å²) in [5, 5.41) is 4.29. The van der Waals surface area contributed by atoms with Crippen molar-refractivity contribution in [3.63, 3.8) is 0 Å². The van der Waals surface area contributed by atoms with Gasteiger partial charge in [0.25, 0.3) is 0 Å². The van der Waals surface area contributed by atoms with Crippen molar-refractivity contribution in [2.24, 2.45) is 0 Å². The zero-order valence-electron chi connectivity index (χ0n) is 7.44. The van der Waals surface area contributed by atoms with Gasteiger partial charge in [-0.3, -0.25) is 5.01 Å². The SMILES string of the molecule is CN1CC=CN1c1ccc(Br)cc1. The van der Waals surface area contributed by atoms with Crippen LogP contribution in [-0.4, -0.2) is 18.6 Å². The first-order valence-corrected chi connectivity index (χ1v) is 4.99. The van der Waals surface area contributed by atoms with E-state index in [1.54, 1.807) is 0 Å². The molecule has 0 bridgehead atoms. The van der Waals surface area contributed by atoms with Gasteiger partial charge < -0.3 is 0 Å². The first kappa shape index (κ1) is 8.78. The van der Waals surface area contributed by atoms with Gasteiger partial charge >= 0.3 is 0 Å². The van der Waals surface area contributed by atoms with E-state index in [9.17, 15) is 0 Å². The van der Waals surface area contributed by atoms with Gasteiger partial charge in [-0.1, -0.05) is 22.0 Å². The summed E-state index contributed by atoms with van der Waals surface area (Å²) >= 11 is 3.42. The Kier molecular flexibility index (Phi) is 2.38. The molecule has 0 radical (unpaired) electrons. The molecule has 0 N–H and O–H groups in total. The van der Waals surface area contributed by atoms with Crippen LogP contribution in [-0.2, 0) is 0 Å². The number of nitrogens with zero attached hydrogens (tertiary/aromatic N) is 2. The topological polar surface area (TPSA) is 6.48 Å². The van der Waals surface area contributed by atoms with E-state index in [2.05, 4.69) is 69.5 Å². The maximum absolute atomic E-state index is 3.42. The molecule has 2 rings (SSSR count). The molecule has 0 fully saturated rings. The van der Waals surface area contributed by atoms with Crippen molar-refractivity contribution in [2.75, 3.05) is 18.6 Å². The number of anilines is 1. The molecule has 3 heteroatoms. The lowest BCUT2D eigenvalue weighted by atomic mass is 10.3. The van der Waals surface area contributed by atoms with E-state index in [0.29, 0.717) is 0 Å². The lowest BCUT2D eigenvalue weighted by Crippen LogP contribution is -2.30. The Morgan fingerprint density at radius 2 is 1.92 bits per heavy atom. The van der Waals surface area contributed by atoms with Crippen molar-refractivity contribution in [1.82, 2.24) is 5.01 Å². The summed E-state index contributed by atoms with van der Waals surface area (Å²) in [7, 11) is 2.07. The fourth-order valence-electron chi connectivity index (χ4n) is 1.38. The Labute approximate surface area is 86.6 Å². The molecule has 0 saturated carbocycles. The molecule has 0 spiro atoms. The number of rotatable bonds is 1. The van der Waals surface area contributed by atoms with Crippen LogP contribution < -0.4 is 5.01 Å². The van der Waals surface area contributed by atoms with Crippen molar-refractivity contribution in [1.29, 1.82) is 0 Å². The molecule has 1 aliphatic rings. The Balaban J connectivity index is 2.25. The summed E-state index contributed by atoms with van der Waals surface area (Å²) in [6.45, 7) is 0.982. The smallest absolute Gasteiger partial charge is 0.0573 e. The van der Waals surface area contributed by atoms with Gasteiger partial charge in [-0.15, -0.1) is 0 Å². The second-order valence-corrected chi connectivity index (χ2v) is 3.96. The second-order valence-electron chi connectivity index (χ2n) is 3.05. The summed E-state index contributed by atoms with van der Waals surface area (Å²) < 4.78 is 1.11. The number of hydrogen-bond donors (Lipinski definition) is 0. The lowest BCUT2D eigenvalue weighted by molar-refractivity contribution is 0.397. The average Bonchev–Trinajstić information content (AvgIpc) is 2.53. The van der Waals surface area contributed by atoms with E-state index in [4.69, 9.17) is 0 Å². The fraction of sp³-hybridized carbons (Fsp3) is 0.200. The highest BCUT2D eigenvalue weighted by Crippen LogP contribution is 2.21. The van der Waals surface area contributed by atoms with Gasteiger partial charge in [-0.25, -0.2) is 5.01 Å². The van der Waals surface area contributed by atoms with Gasteiger partial charge in [0, 0.05) is 24.3 Å². The van der Waals surface area contributed by atoms with E-state index in [0.717, 1.165) is 11.0 Å². The molecule has 0 aromatic heterocycles. The van der Waals surface area contributed by atoms with Gasteiger partial charge in [-0.2, -0.15) is 0 Å². The van der Waals surface area contributed by atoms with Gasteiger partial charge in [0.1, 0.15) is 0 Å². The van der Waals surface area contributed by atoms with Crippen molar-refractivity contribution in [2.45, 2.75) is 0 Å². The highest BCUT2D eigenvalue weighted by Gasteiger charge is 2.12. The average molecular weight is 239 g/mol. The third-order valence-corrected chi connectivity index (χ3v) is 2.60. The van der Waals surface area contributed by atoms with Crippen molar-refractivity contribution in [3.8, 4) is 0 Å². The summed E-state index contributed by atoms with van der Waals surface area (Å²) in [5.74, 6) is 0. The van der Waals surface area contributed by atoms with Crippen LogP contribution in [0.15, 0.2) is 41.0 Å². The number of hydrazine groups is 1. The Bertz CT molecular complexity index is 318. The quantitative estimate of drug-likeness (QED) is 0.743. The van der Waals surface area contributed by atoms with Gasteiger partial charge in [0.2, 0.25) is 0 Å². The van der Waals surface area contributed by atoms with Crippen molar-refractivity contribution >= 4 is 21.6 Å². The maximum Gasteiger partial charge on any atom is 0.0573 e. The van der Waals surface area contributed by atoms with Crippen LogP contribution in [0.3, 0.4) is 0 Å². The molecule has 1 heterocycles. The largest absolute Gasteiger partial charge is 0.282 e. The number of hydrogen-bond acceptors (Lipinski definition) is 2. The van der Waals surface area contributed by atoms with Crippen LogP contribution in [0.25, 0.3) is 0 Å². The molecule has 0 aliphatic carbocycles. The van der Waals surface area contributed by atoms with Crippen LogP contribution in [0.4, 0.5) is 5.69 Å². The first-order valence-electron chi connectivity index (χ1n) is 4.20. The number of halogens is 1. The Morgan fingerprint density at radius 1 is 1.23 bits per heavy atom. The van der Waals surface area contributed by atoms with Crippen LogP contribution in [0.1, 0.15) is 0 Å². The minimum absolute atomic E-state index is 0.982. The van der Waals surface area contributed by atoms with Crippen LogP contribution in [0.5, 0.6) is 0 Å². The molecule has 2 nitrogen and oxygen atoms in total. The monoisotopic (exact) mass is 238 g/mol. The van der Waals surface area contributed by atoms with Gasteiger partial charge in [0.15, 0.2) is 0 Å². The standard InChI is InChI=1S/C10H11BrN2/c1-12-7-2-8-13(12)10-5-3-9(11)4-6-10/h2-6,8H,7H2,1H3. The van der Waals surface area contributed by atoms with Gasteiger partial charge in [0.05, 0.1) is 5.69 Å². The predicted molar refractivity (Wildman–Crippen MR) is 58.4 cm³/mol. The van der Waals surface area contributed by atoms with E-state index in [-0.39, 0.29) is 0 Å². The normalized spacial score (nSPS) is 16.9. The van der Waals surface area contributed by atoms with E-state index in [1.807, 2.05) is 0 Å².